The number of likely N-dealkylation sites (N-methyl/N-ethyl adjacent to an activating group) is 1. The van der Waals surface area contributed by atoms with E-state index in [9.17, 15) is 4.79 Å². The van der Waals surface area contributed by atoms with Crippen molar-refractivity contribution in [3.63, 3.8) is 0 Å². The van der Waals surface area contributed by atoms with E-state index in [2.05, 4.69) is 21.2 Å². The van der Waals surface area contributed by atoms with Crippen molar-refractivity contribution in [2.24, 2.45) is 0 Å². The zero-order valence-corrected chi connectivity index (χ0v) is 14.3. The molecule has 22 heavy (non-hydrogen) atoms. The van der Waals surface area contributed by atoms with Gasteiger partial charge in [-0.25, -0.2) is 0 Å². The first-order valence-corrected chi connectivity index (χ1v) is 7.87. The highest BCUT2D eigenvalue weighted by atomic mass is 79.9. The molecule has 0 atom stereocenters. The summed E-state index contributed by atoms with van der Waals surface area (Å²) in [6.07, 6.45) is 0. The van der Waals surface area contributed by atoms with E-state index >= 15 is 0 Å². The van der Waals surface area contributed by atoms with Gasteiger partial charge >= 0.3 is 0 Å². The predicted molar refractivity (Wildman–Crippen MR) is 93.7 cm³/mol. The summed E-state index contributed by atoms with van der Waals surface area (Å²) in [5, 5.41) is 3.15. The summed E-state index contributed by atoms with van der Waals surface area (Å²) < 4.78 is 6.09. The normalized spacial score (nSPS) is 10.1. The minimum atomic E-state index is 0.0171. The molecule has 2 aromatic rings. The second-order valence-corrected chi connectivity index (χ2v) is 5.53. The van der Waals surface area contributed by atoms with Crippen molar-refractivity contribution in [3.05, 3.63) is 53.0 Å². The van der Waals surface area contributed by atoms with Gasteiger partial charge in [-0.15, -0.1) is 0 Å². The molecule has 0 aliphatic carbocycles. The molecule has 5 heteroatoms. The van der Waals surface area contributed by atoms with E-state index in [4.69, 9.17) is 4.74 Å². The van der Waals surface area contributed by atoms with E-state index in [-0.39, 0.29) is 12.5 Å². The van der Waals surface area contributed by atoms with Crippen LogP contribution in [0.25, 0.3) is 0 Å². The number of benzene rings is 2. The largest absolute Gasteiger partial charge is 0.497 e. The van der Waals surface area contributed by atoms with Crippen molar-refractivity contribution in [1.29, 1.82) is 0 Å². The summed E-state index contributed by atoms with van der Waals surface area (Å²) in [5.41, 5.74) is 1.73. The SMILES string of the molecule is CCN(C(=O)CNc1cc(OC)ccc1Br)c1ccccc1. The molecule has 1 amide bonds. The fourth-order valence-corrected chi connectivity index (χ4v) is 2.53. The fraction of sp³-hybridized carbons (Fsp3) is 0.235. The Bertz CT molecular complexity index is 632. The van der Waals surface area contributed by atoms with Crippen molar-refractivity contribution in [2.75, 3.05) is 30.4 Å². The van der Waals surface area contributed by atoms with Crippen LogP contribution >= 0.6 is 15.9 Å². The Balaban J connectivity index is 2.06. The number of carbonyl (C=O) groups excluding carboxylic acids is 1. The number of nitrogens with one attached hydrogen (secondary N) is 1. The number of halogens is 1. The van der Waals surface area contributed by atoms with Crippen LogP contribution in [0.1, 0.15) is 6.92 Å². The van der Waals surface area contributed by atoms with Gasteiger partial charge in [-0.1, -0.05) is 18.2 Å². The zero-order chi connectivity index (χ0) is 15.9. The molecule has 0 saturated carbocycles. The van der Waals surface area contributed by atoms with Crippen LogP contribution in [0.2, 0.25) is 0 Å². The van der Waals surface area contributed by atoms with E-state index in [1.807, 2.05) is 55.5 Å². The standard InChI is InChI=1S/C17H19BrN2O2/c1-3-20(13-7-5-4-6-8-13)17(21)12-19-16-11-14(22-2)9-10-15(16)18/h4-11,19H,3,12H2,1-2H3. The van der Waals surface area contributed by atoms with Crippen molar-refractivity contribution in [2.45, 2.75) is 6.92 Å². The number of para-hydroxylation sites is 1. The quantitative estimate of drug-likeness (QED) is 0.846. The van der Waals surface area contributed by atoms with Crippen LogP contribution in [-0.2, 0) is 4.79 Å². The van der Waals surface area contributed by atoms with Gasteiger partial charge in [-0.3, -0.25) is 4.79 Å². The molecule has 2 rings (SSSR count). The fourth-order valence-electron chi connectivity index (χ4n) is 2.14. The van der Waals surface area contributed by atoms with Gasteiger partial charge < -0.3 is 15.0 Å². The Hall–Kier alpha value is -2.01. The van der Waals surface area contributed by atoms with Crippen LogP contribution in [-0.4, -0.2) is 26.1 Å². The Morgan fingerprint density at radius 2 is 1.95 bits per heavy atom. The molecule has 4 nitrogen and oxygen atoms in total. The maximum absolute atomic E-state index is 12.4. The predicted octanol–water partition coefficient (Wildman–Crippen LogP) is 3.92. The van der Waals surface area contributed by atoms with Crippen molar-refractivity contribution in [3.8, 4) is 5.75 Å². The topological polar surface area (TPSA) is 41.6 Å². The summed E-state index contributed by atoms with van der Waals surface area (Å²) in [6, 6.07) is 15.3. The maximum atomic E-state index is 12.4. The Morgan fingerprint density at radius 1 is 1.23 bits per heavy atom. The van der Waals surface area contributed by atoms with Crippen molar-refractivity contribution < 1.29 is 9.53 Å². The van der Waals surface area contributed by atoms with E-state index < -0.39 is 0 Å². The van der Waals surface area contributed by atoms with Gasteiger partial charge in [0.15, 0.2) is 0 Å². The molecule has 0 spiro atoms. The first kappa shape index (κ1) is 16.4. The average Bonchev–Trinajstić information content (AvgIpc) is 2.56. The third-order valence-electron chi connectivity index (χ3n) is 3.29. The molecule has 116 valence electrons. The van der Waals surface area contributed by atoms with Gasteiger partial charge in [-0.05, 0) is 47.1 Å². The van der Waals surface area contributed by atoms with Gasteiger partial charge in [0.1, 0.15) is 5.75 Å². The lowest BCUT2D eigenvalue weighted by Gasteiger charge is -2.21. The van der Waals surface area contributed by atoms with Gasteiger partial charge in [-0.2, -0.15) is 0 Å². The zero-order valence-electron chi connectivity index (χ0n) is 12.7. The van der Waals surface area contributed by atoms with E-state index in [0.717, 1.165) is 21.6 Å². The second-order valence-electron chi connectivity index (χ2n) is 4.67. The summed E-state index contributed by atoms with van der Waals surface area (Å²) in [6.45, 7) is 2.81. The number of hydrogen-bond donors (Lipinski definition) is 1. The number of methoxy groups -OCH3 is 1. The lowest BCUT2D eigenvalue weighted by Crippen LogP contribution is -2.35. The van der Waals surface area contributed by atoms with E-state index in [0.29, 0.717) is 6.54 Å². The second kappa shape index (κ2) is 7.84. The highest BCUT2D eigenvalue weighted by Gasteiger charge is 2.13. The number of hydrogen-bond acceptors (Lipinski definition) is 3. The maximum Gasteiger partial charge on any atom is 0.246 e. The number of carbonyl (C=O) groups is 1. The summed E-state index contributed by atoms with van der Waals surface area (Å²) in [5.74, 6) is 0.761. The third-order valence-corrected chi connectivity index (χ3v) is 3.98. The molecule has 0 heterocycles. The highest BCUT2D eigenvalue weighted by molar-refractivity contribution is 9.10. The molecule has 0 saturated heterocycles. The summed E-state index contributed by atoms with van der Waals surface area (Å²) >= 11 is 3.47. The minimum Gasteiger partial charge on any atom is -0.497 e. The monoisotopic (exact) mass is 362 g/mol. The lowest BCUT2D eigenvalue weighted by molar-refractivity contribution is -0.116. The first-order valence-electron chi connectivity index (χ1n) is 7.08. The number of anilines is 2. The van der Waals surface area contributed by atoms with Gasteiger partial charge in [0, 0.05) is 22.8 Å². The van der Waals surface area contributed by atoms with Crippen LogP contribution in [0, 0.1) is 0 Å². The van der Waals surface area contributed by atoms with Crippen molar-refractivity contribution in [1.82, 2.24) is 0 Å². The Kier molecular flexibility index (Phi) is 5.83. The van der Waals surface area contributed by atoms with E-state index in [1.165, 1.54) is 0 Å². The molecule has 0 bridgehead atoms. The van der Waals surface area contributed by atoms with Crippen LogP contribution in [0.4, 0.5) is 11.4 Å². The molecular formula is C17H19BrN2O2. The number of nitrogens with zero attached hydrogens (tertiary/aromatic N) is 1. The molecule has 0 radical (unpaired) electrons. The van der Waals surface area contributed by atoms with Crippen LogP contribution in [0.15, 0.2) is 53.0 Å². The highest BCUT2D eigenvalue weighted by Crippen LogP contribution is 2.27. The van der Waals surface area contributed by atoms with E-state index in [1.54, 1.807) is 12.0 Å². The number of rotatable bonds is 6. The summed E-state index contributed by atoms with van der Waals surface area (Å²) in [7, 11) is 1.62. The number of ether oxygens (including phenoxy) is 1. The van der Waals surface area contributed by atoms with Gasteiger partial charge in [0.2, 0.25) is 5.91 Å². The summed E-state index contributed by atoms with van der Waals surface area (Å²) in [4.78, 5) is 14.2. The first-order chi connectivity index (χ1) is 10.7. The molecule has 0 fully saturated rings. The molecule has 2 aromatic carbocycles. The van der Waals surface area contributed by atoms with Gasteiger partial charge in [0.05, 0.1) is 19.3 Å². The van der Waals surface area contributed by atoms with Crippen LogP contribution in [0.3, 0.4) is 0 Å². The molecular weight excluding hydrogens is 344 g/mol. The smallest absolute Gasteiger partial charge is 0.246 e. The molecule has 1 N–H and O–H groups in total. The third kappa shape index (κ3) is 4.01. The van der Waals surface area contributed by atoms with Crippen LogP contribution in [0.5, 0.6) is 5.75 Å². The Labute approximate surface area is 139 Å². The van der Waals surface area contributed by atoms with Gasteiger partial charge in [0.25, 0.3) is 0 Å². The molecule has 0 aliphatic rings. The Morgan fingerprint density at radius 3 is 2.59 bits per heavy atom. The molecule has 0 aliphatic heterocycles. The van der Waals surface area contributed by atoms with Crippen molar-refractivity contribution >= 4 is 33.2 Å². The van der Waals surface area contributed by atoms with Crippen LogP contribution < -0.4 is 15.0 Å². The molecule has 0 unspecified atom stereocenters. The molecule has 0 aromatic heterocycles. The number of amides is 1. The average molecular weight is 363 g/mol. The lowest BCUT2D eigenvalue weighted by atomic mass is 10.2. The minimum absolute atomic E-state index is 0.0171.